The minimum Gasteiger partial charge on any atom is -0.392 e. The molecule has 4 nitrogen and oxygen atoms in total. The van der Waals surface area contributed by atoms with Gasteiger partial charge in [-0.25, -0.2) is 0 Å². The number of piperidine rings is 1. The van der Waals surface area contributed by atoms with E-state index >= 15 is 0 Å². The molecule has 0 aliphatic carbocycles. The Bertz CT molecular complexity index is 669. The van der Waals surface area contributed by atoms with E-state index in [1.807, 2.05) is 31.3 Å². The summed E-state index contributed by atoms with van der Waals surface area (Å²) < 4.78 is 0. The Labute approximate surface area is 148 Å². The largest absolute Gasteiger partial charge is 0.392 e. The van der Waals surface area contributed by atoms with Crippen LogP contribution < -0.4 is 5.32 Å². The third-order valence-electron chi connectivity index (χ3n) is 4.73. The highest BCUT2D eigenvalue weighted by Gasteiger charge is 2.19. The third kappa shape index (κ3) is 4.67. The molecule has 5 heteroatoms. The van der Waals surface area contributed by atoms with Crippen molar-refractivity contribution in [2.45, 2.75) is 32.4 Å². The van der Waals surface area contributed by atoms with E-state index < -0.39 is 0 Å². The van der Waals surface area contributed by atoms with Gasteiger partial charge in [0.1, 0.15) is 0 Å². The van der Waals surface area contributed by atoms with E-state index in [2.05, 4.69) is 21.3 Å². The first-order valence-corrected chi connectivity index (χ1v) is 9.14. The second kappa shape index (κ2) is 8.26. The van der Waals surface area contributed by atoms with E-state index in [1.54, 1.807) is 0 Å². The zero-order valence-electron chi connectivity index (χ0n) is 14.2. The van der Waals surface area contributed by atoms with Gasteiger partial charge in [0, 0.05) is 29.7 Å². The molecule has 3 rings (SSSR count). The van der Waals surface area contributed by atoms with Crippen molar-refractivity contribution in [2.24, 2.45) is 5.92 Å². The van der Waals surface area contributed by atoms with Gasteiger partial charge in [0.15, 0.2) is 0 Å². The molecule has 130 valence electrons. The Balaban J connectivity index is 1.51. The summed E-state index contributed by atoms with van der Waals surface area (Å²) >= 11 is 6.23. The minimum atomic E-state index is -0.233. The highest BCUT2D eigenvalue weighted by molar-refractivity contribution is 6.31. The van der Waals surface area contributed by atoms with Crippen LogP contribution in [-0.4, -0.2) is 47.3 Å². The summed E-state index contributed by atoms with van der Waals surface area (Å²) in [7, 11) is 0. The number of β-amino-alcohol motifs (C(OH)–C–C–N with tert-alkyl or cyclic N) is 1. The Hall–Kier alpha value is -1.20. The molecule has 1 aromatic heterocycles. The Morgan fingerprint density at radius 3 is 2.92 bits per heavy atom. The monoisotopic (exact) mass is 347 g/mol. The van der Waals surface area contributed by atoms with Crippen LogP contribution in [0.15, 0.2) is 30.5 Å². The van der Waals surface area contributed by atoms with E-state index in [4.69, 9.17) is 11.6 Å². The van der Waals surface area contributed by atoms with Gasteiger partial charge in [0.05, 0.1) is 11.6 Å². The Kier molecular flexibility index (Phi) is 6.06. The lowest BCUT2D eigenvalue weighted by molar-refractivity contribution is 0.0998. The number of fused-ring (bicyclic) bond motifs is 1. The van der Waals surface area contributed by atoms with Gasteiger partial charge in [0.25, 0.3) is 0 Å². The number of hydrogen-bond donors (Lipinski definition) is 2. The summed E-state index contributed by atoms with van der Waals surface area (Å²) in [5, 5.41) is 14.9. The summed E-state index contributed by atoms with van der Waals surface area (Å²) in [6.07, 6.45) is 3.98. The van der Waals surface area contributed by atoms with Crippen LogP contribution in [0.1, 0.15) is 25.3 Å². The van der Waals surface area contributed by atoms with Gasteiger partial charge in [0.2, 0.25) is 0 Å². The molecule has 2 aromatic rings. The molecule has 0 bridgehead atoms. The molecule has 24 heavy (non-hydrogen) atoms. The summed E-state index contributed by atoms with van der Waals surface area (Å²) in [5.41, 5.74) is 2.19. The highest BCUT2D eigenvalue weighted by Crippen LogP contribution is 2.22. The summed E-state index contributed by atoms with van der Waals surface area (Å²) in [4.78, 5) is 6.85. The first-order valence-electron chi connectivity index (χ1n) is 8.76. The van der Waals surface area contributed by atoms with Crippen molar-refractivity contribution in [2.75, 3.05) is 26.2 Å². The number of pyridine rings is 1. The van der Waals surface area contributed by atoms with Crippen molar-refractivity contribution in [1.82, 2.24) is 15.2 Å². The molecule has 0 spiro atoms. The zero-order valence-corrected chi connectivity index (χ0v) is 15.0. The topological polar surface area (TPSA) is 48.4 Å². The normalized spacial score (nSPS) is 18.1. The van der Waals surface area contributed by atoms with Crippen molar-refractivity contribution in [3.8, 4) is 0 Å². The van der Waals surface area contributed by atoms with Crippen LogP contribution in [0.25, 0.3) is 10.9 Å². The molecule has 0 amide bonds. The molecule has 1 aromatic carbocycles. The van der Waals surface area contributed by atoms with Crippen LogP contribution in [0.2, 0.25) is 5.02 Å². The predicted molar refractivity (Wildman–Crippen MR) is 99.3 cm³/mol. The van der Waals surface area contributed by atoms with E-state index in [0.717, 1.165) is 54.2 Å². The Morgan fingerprint density at radius 2 is 2.17 bits per heavy atom. The molecule has 1 aliphatic heterocycles. The number of likely N-dealkylation sites (tertiary alicyclic amines) is 1. The van der Waals surface area contributed by atoms with Gasteiger partial charge < -0.3 is 15.3 Å². The lowest BCUT2D eigenvalue weighted by Gasteiger charge is -2.32. The standard InChI is InChI=1S/C19H26ClN3O/c1-14(24)13-23-7-4-15(5-8-23)11-21-12-17-10-18(20)9-16-3-2-6-22-19(16)17/h2-3,6,9-10,14-15,21,24H,4-5,7-8,11-13H2,1H3. The second-order valence-corrected chi connectivity index (χ2v) is 7.30. The molecule has 1 fully saturated rings. The van der Waals surface area contributed by atoms with Crippen LogP contribution >= 0.6 is 11.6 Å². The maximum atomic E-state index is 9.48. The lowest BCUT2D eigenvalue weighted by Crippen LogP contribution is -2.40. The van der Waals surface area contributed by atoms with Crippen molar-refractivity contribution in [1.29, 1.82) is 0 Å². The lowest BCUT2D eigenvalue weighted by atomic mass is 9.96. The van der Waals surface area contributed by atoms with E-state index in [9.17, 15) is 5.11 Å². The first-order chi connectivity index (χ1) is 11.6. The second-order valence-electron chi connectivity index (χ2n) is 6.86. The van der Waals surface area contributed by atoms with Crippen molar-refractivity contribution >= 4 is 22.5 Å². The number of benzene rings is 1. The molecule has 1 saturated heterocycles. The van der Waals surface area contributed by atoms with E-state index in [0.29, 0.717) is 5.92 Å². The van der Waals surface area contributed by atoms with Gasteiger partial charge in [-0.05, 0) is 69.1 Å². The molecule has 1 unspecified atom stereocenters. The molecule has 0 saturated carbocycles. The van der Waals surface area contributed by atoms with Crippen molar-refractivity contribution in [3.63, 3.8) is 0 Å². The highest BCUT2D eigenvalue weighted by atomic mass is 35.5. The summed E-state index contributed by atoms with van der Waals surface area (Å²) in [5.74, 6) is 0.702. The minimum absolute atomic E-state index is 0.233. The predicted octanol–water partition coefficient (Wildman–Crippen LogP) is 3.07. The number of rotatable bonds is 6. The van der Waals surface area contributed by atoms with Gasteiger partial charge in [-0.2, -0.15) is 0 Å². The number of aliphatic hydroxyl groups excluding tert-OH is 1. The summed E-state index contributed by atoms with van der Waals surface area (Å²) in [6, 6.07) is 7.97. The summed E-state index contributed by atoms with van der Waals surface area (Å²) in [6.45, 7) is 6.63. The van der Waals surface area contributed by atoms with Crippen molar-refractivity contribution < 1.29 is 5.11 Å². The molecular formula is C19H26ClN3O. The fourth-order valence-electron chi connectivity index (χ4n) is 3.52. The number of aliphatic hydroxyl groups is 1. The molecular weight excluding hydrogens is 322 g/mol. The average Bonchev–Trinajstić information content (AvgIpc) is 2.56. The van der Waals surface area contributed by atoms with Gasteiger partial charge in [-0.15, -0.1) is 0 Å². The maximum absolute atomic E-state index is 9.48. The Morgan fingerprint density at radius 1 is 1.38 bits per heavy atom. The van der Waals surface area contributed by atoms with Crippen molar-refractivity contribution in [3.05, 3.63) is 41.0 Å². The van der Waals surface area contributed by atoms with E-state index in [1.165, 1.54) is 12.8 Å². The smallest absolute Gasteiger partial charge is 0.0747 e. The first kappa shape index (κ1) is 17.6. The van der Waals surface area contributed by atoms with Crippen LogP contribution in [0.3, 0.4) is 0 Å². The number of hydrogen-bond acceptors (Lipinski definition) is 4. The number of aromatic nitrogens is 1. The van der Waals surface area contributed by atoms with Gasteiger partial charge in [-0.1, -0.05) is 17.7 Å². The fourth-order valence-corrected chi connectivity index (χ4v) is 3.77. The quantitative estimate of drug-likeness (QED) is 0.843. The number of nitrogens with zero attached hydrogens (tertiary/aromatic N) is 2. The number of halogens is 1. The van der Waals surface area contributed by atoms with E-state index in [-0.39, 0.29) is 6.10 Å². The third-order valence-corrected chi connectivity index (χ3v) is 4.94. The molecule has 2 heterocycles. The number of nitrogens with one attached hydrogen (secondary N) is 1. The maximum Gasteiger partial charge on any atom is 0.0747 e. The van der Waals surface area contributed by atoms with Crippen LogP contribution in [0, 0.1) is 5.92 Å². The van der Waals surface area contributed by atoms with Crippen LogP contribution in [-0.2, 0) is 6.54 Å². The molecule has 1 aliphatic rings. The average molecular weight is 348 g/mol. The van der Waals surface area contributed by atoms with Crippen LogP contribution in [0.5, 0.6) is 0 Å². The van der Waals surface area contributed by atoms with Crippen LogP contribution in [0.4, 0.5) is 0 Å². The van der Waals surface area contributed by atoms with Gasteiger partial charge >= 0.3 is 0 Å². The fraction of sp³-hybridized carbons (Fsp3) is 0.526. The SMILES string of the molecule is CC(O)CN1CCC(CNCc2cc(Cl)cc3cccnc23)CC1. The molecule has 2 N–H and O–H groups in total. The van der Waals surface area contributed by atoms with Gasteiger partial charge in [-0.3, -0.25) is 4.98 Å². The zero-order chi connectivity index (χ0) is 16.9. The molecule has 1 atom stereocenters. The molecule has 0 radical (unpaired) electrons.